The van der Waals surface area contributed by atoms with Crippen molar-refractivity contribution in [3.63, 3.8) is 0 Å². The predicted molar refractivity (Wildman–Crippen MR) is 138 cm³/mol. The van der Waals surface area contributed by atoms with E-state index in [2.05, 4.69) is 21.3 Å². The van der Waals surface area contributed by atoms with Gasteiger partial charge in [-0.25, -0.2) is 8.42 Å². The van der Waals surface area contributed by atoms with Gasteiger partial charge in [-0.3, -0.25) is 24.0 Å². The van der Waals surface area contributed by atoms with Gasteiger partial charge in [-0.2, -0.15) is 0 Å². The van der Waals surface area contributed by atoms with Crippen molar-refractivity contribution in [3.8, 4) is 0 Å². The molecule has 0 fully saturated rings. The molecule has 0 heterocycles. The molecule has 13 heteroatoms. The molecule has 1 aromatic rings. The lowest BCUT2D eigenvalue weighted by atomic mass is 10.1. The molecule has 4 amide bonds. The number of rotatable bonds is 15. The topological polar surface area (TPSA) is 171 Å². The Bertz CT molecular complexity index is 1060. The molecule has 0 aliphatic heterocycles. The second-order valence-electron chi connectivity index (χ2n) is 8.74. The Morgan fingerprint density at radius 2 is 1.57 bits per heavy atom. The first-order valence-corrected chi connectivity index (χ1v) is 14.0. The molecule has 3 atom stereocenters. The molecule has 0 aliphatic carbocycles. The van der Waals surface area contributed by atoms with E-state index in [1.54, 1.807) is 58.3 Å². The number of ketones is 1. The van der Waals surface area contributed by atoms with E-state index in [9.17, 15) is 32.4 Å². The van der Waals surface area contributed by atoms with Crippen LogP contribution in [0.4, 0.5) is 0 Å². The maximum atomic E-state index is 12.7. The first-order chi connectivity index (χ1) is 17.3. The monoisotopic (exact) mass is 539 g/mol. The molecule has 0 spiro atoms. The third-order valence-electron chi connectivity index (χ3n) is 5.21. The number of carbonyl (C=O) groups excluding carboxylic acids is 5. The number of amides is 4. The summed E-state index contributed by atoms with van der Waals surface area (Å²) in [6.07, 6.45) is 1.58. The van der Waals surface area contributed by atoms with Gasteiger partial charge in [-0.15, -0.1) is 0 Å². The quantitative estimate of drug-likeness (QED) is 0.204. The number of Topliss-reactive ketones (excluding diaryl/α,β-unsaturated/α-hetero) is 1. The maximum Gasteiger partial charge on any atom is 0.290 e. The molecule has 0 saturated heterocycles. The van der Waals surface area contributed by atoms with E-state index in [1.807, 2.05) is 0 Å². The number of likely N-dealkylation sites (N-methyl/N-ethyl adjacent to an activating group) is 2. The van der Waals surface area contributed by atoms with E-state index in [4.69, 9.17) is 0 Å². The van der Waals surface area contributed by atoms with Crippen LogP contribution in [-0.2, 0) is 33.8 Å². The Morgan fingerprint density at radius 1 is 0.946 bits per heavy atom. The minimum atomic E-state index is -3.49. The Balaban J connectivity index is 2.84. The van der Waals surface area contributed by atoms with Crippen LogP contribution < -0.4 is 21.3 Å². The second kappa shape index (κ2) is 15.1. The van der Waals surface area contributed by atoms with Gasteiger partial charge >= 0.3 is 0 Å². The molecule has 0 bridgehead atoms. The highest BCUT2D eigenvalue weighted by Crippen LogP contribution is 2.14. The number of hydrogen-bond donors (Lipinski definition) is 4. The van der Waals surface area contributed by atoms with Crippen molar-refractivity contribution in [2.24, 2.45) is 0 Å². The van der Waals surface area contributed by atoms with Crippen molar-refractivity contribution in [1.29, 1.82) is 0 Å². The van der Waals surface area contributed by atoms with Crippen LogP contribution in [0.3, 0.4) is 0 Å². The SMILES string of the molecule is CCCC(NC(=O)C(CS(C)(=O)=O)NCC)C(=O)C(=O)NCC(=O)N[C@H](C(=O)N(C)C)c1ccccc1. The van der Waals surface area contributed by atoms with Crippen LogP contribution >= 0.6 is 0 Å². The van der Waals surface area contributed by atoms with E-state index in [-0.39, 0.29) is 12.3 Å². The maximum absolute atomic E-state index is 12.7. The standard InChI is InChI=1S/C24H37N5O7S/c1-6-11-17(27-22(32)18(25-7-2)15-37(5,35)36)21(31)23(33)26-14-19(30)28-20(24(34)29(3)4)16-12-9-8-10-13-16/h8-10,12-13,17-18,20,25H,6-7,11,14-15H2,1-5H3,(H,26,33)(H,27,32)(H,28,30)/t17?,18?,20-/m0/s1. The average Bonchev–Trinajstić information content (AvgIpc) is 2.84. The molecule has 1 aromatic carbocycles. The van der Waals surface area contributed by atoms with Gasteiger partial charge < -0.3 is 26.2 Å². The first-order valence-electron chi connectivity index (χ1n) is 11.9. The van der Waals surface area contributed by atoms with Crippen LogP contribution in [0.5, 0.6) is 0 Å². The number of hydrogen-bond acceptors (Lipinski definition) is 8. The normalized spacial score (nSPS) is 13.5. The van der Waals surface area contributed by atoms with Crippen molar-refractivity contribution in [2.45, 2.75) is 44.8 Å². The number of nitrogens with zero attached hydrogens (tertiary/aromatic N) is 1. The number of benzene rings is 1. The van der Waals surface area contributed by atoms with Crippen LogP contribution in [0.25, 0.3) is 0 Å². The van der Waals surface area contributed by atoms with E-state index in [0.717, 1.165) is 6.26 Å². The molecule has 0 radical (unpaired) electrons. The molecule has 0 aromatic heterocycles. The van der Waals surface area contributed by atoms with Crippen molar-refractivity contribution in [2.75, 3.05) is 39.2 Å². The summed E-state index contributed by atoms with van der Waals surface area (Å²) in [7, 11) is -0.404. The van der Waals surface area contributed by atoms with Crippen molar-refractivity contribution in [1.82, 2.24) is 26.2 Å². The van der Waals surface area contributed by atoms with Crippen LogP contribution in [0.2, 0.25) is 0 Å². The zero-order valence-electron chi connectivity index (χ0n) is 21.9. The van der Waals surface area contributed by atoms with E-state index in [0.29, 0.717) is 18.5 Å². The highest BCUT2D eigenvalue weighted by atomic mass is 32.2. The van der Waals surface area contributed by atoms with Crippen molar-refractivity contribution >= 4 is 39.2 Å². The Hall–Kier alpha value is -3.32. The molecule has 0 saturated carbocycles. The van der Waals surface area contributed by atoms with Crippen molar-refractivity contribution < 1.29 is 32.4 Å². The van der Waals surface area contributed by atoms with Gasteiger partial charge in [0.25, 0.3) is 5.91 Å². The molecular weight excluding hydrogens is 502 g/mol. The summed E-state index contributed by atoms with van der Waals surface area (Å²) in [5, 5.41) is 9.98. The van der Waals surface area contributed by atoms with Crippen LogP contribution in [0.15, 0.2) is 30.3 Å². The summed E-state index contributed by atoms with van der Waals surface area (Å²) in [5.74, 6) is -4.33. The van der Waals surface area contributed by atoms with E-state index < -0.39 is 63.8 Å². The highest BCUT2D eigenvalue weighted by Gasteiger charge is 2.31. The summed E-state index contributed by atoms with van der Waals surface area (Å²) in [5.41, 5.74) is 0.548. The number of sulfone groups is 1. The Labute approximate surface area is 217 Å². The lowest BCUT2D eigenvalue weighted by Gasteiger charge is -2.23. The van der Waals surface area contributed by atoms with Gasteiger partial charge in [0.1, 0.15) is 21.9 Å². The lowest BCUT2D eigenvalue weighted by molar-refractivity contribution is -0.141. The summed E-state index contributed by atoms with van der Waals surface area (Å²) in [6, 6.07) is 5.28. The van der Waals surface area contributed by atoms with Crippen LogP contribution in [0.1, 0.15) is 38.3 Å². The van der Waals surface area contributed by atoms with Gasteiger partial charge in [0.2, 0.25) is 23.5 Å². The molecule has 37 heavy (non-hydrogen) atoms. The molecular formula is C24H37N5O7S. The molecule has 12 nitrogen and oxygen atoms in total. The summed E-state index contributed by atoms with van der Waals surface area (Å²) >= 11 is 0. The predicted octanol–water partition coefficient (Wildman–Crippen LogP) is -1.07. The fourth-order valence-corrected chi connectivity index (χ4v) is 4.29. The van der Waals surface area contributed by atoms with E-state index >= 15 is 0 Å². The zero-order valence-corrected chi connectivity index (χ0v) is 22.7. The van der Waals surface area contributed by atoms with Gasteiger partial charge in [0.15, 0.2) is 0 Å². The molecule has 2 unspecified atom stereocenters. The Kier molecular flexibility index (Phi) is 12.9. The second-order valence-corrected chi connectivity index (χ2v) is 10.9. The zero-order chi connectivity index (χ0) is 28.2. The molecule has 1 rings (SSSR count). The lowest BCUT2D eigenvalue weighted by Crippen LogP contribution is -2.55. The van der Waals surface area contributed by atoms with Crippen LogP contribution in [0, 0.1) is 0 Å². The minimum absolute atomic E-state index is 0.134. The first kappa shape index (κ1) is 31.7. The highest BCUT2D eigenvalue weighted by molar-refractivity contribution is 7.90. The summed E-state index contributed by atoms with van der Waals surface area (Å²) in [4.78, 5) is 64.3. The minimum Gasteiger partial charge on any atom is -0.347 e. The average molecular weight is 540 g/mol. The fraction of sp³-hybridized carbons (Fsp3) is 0.542. The fourth-order valence-electron chi connectivity index (χ4n) is 3.42. The number of nitrogens with one attached hydrogen (secondary N) is 4. The van der Waals surface area contributed by atoms with E-state index in [1.165, 1.54) is 4.90 Å². The van der Waals surface area contributed by atoms with Gasteiger partial charge in [-0.05, 0) is 18.5 Å². The number of carbonyl (C=O) groups is 5. The van der Waals surface area contributed by atoms with Gasteiger partial charge in [-0.1, -0.05) is 50.6 Å². The van der Waals surface area contributed by atoms with Crippen LogP contribution in [-0.4, -0.2) is 94.0 Å². The van der Waals surface area contributed by atoms with Crippen molar-refractivity contribution in [3.05, 3.63) is 35.9 Å². The molecule has 0 aliphatic rings. The summed E-state index contributed by atoms with van der Waals surface area (Å²) in [6.45, 7) is 3.19. The Morgan fingerprint density at radius 3 is 2.08 bits per heavy atom. The van der Waals surface area contributed by atoms with Gasteiger partial charge in [0.05, 0.1) is 18.3 Å². The van der Waals surface area contributed by atoms with Gasteiger partial charge in [0, 0.05) is 20.4 Å². The molecule has 206 valence electrons. The smallest absolute Gasteiger partial charge is 0.290 e. The third kappa shape index (κ3) is 11.1. The summed E-state index contributed by atoms with van der Waals surface area (Å²) < 4.78 is 23.3. The third-order valence-corrected chi connectivity index (χ3v) is 6.14. The largest absolute Gasteiger partial charge is 0.347 e. The molecule has 4 N–H and O–H groups in total.